The van der Waals surface area contributed by atoms with Crippen molar-refractivity contribution in [2.45, 2.75) is 32.7 Å². The van der Waals surface area contributed by atoms with E-state index in [4.69, 9.17) is 9.47 Å². The van der Waals surface area contributed by atoms with E-state index in [9.17, 15) is 0 Å². The lowest BCUT2D eigenvalue weighted by atomic mass is 10.2. The van der Waals surface area contributed by atoms with Gasteiger partial charge in [0.05, 0.1) is 20.8 Å². The third kappa shape index (κ3) is 6.46. The van der Waals surface area contributed by atoms with Gasteiger partial charge in [0.2, 0.25) is 0 Å². The van der Waals surface area contributed by atoms with Crippen LogP contribution in [0.2, 0.25) is 0 Å². The van der Waals surface area contributed by atoms with E-state index in [0.29, 0.717) is 6.54 Å². The lowest BCUT2D eigenvalue weighted by Crippen LogP contribution is -2.38. The molecule has 2 rings (SSSR count). The zero-order valence-electron chi connectivity index (χ0n) is 15.8. The maximum atomic E-state index is 5.35. The van der Waals surface area contributed by atoms with Gasteiger partial charge in [-0.3, -0.25) is 0 Å². The van der Waals surface area contributed by atoms with Crippen LogP contribution in [0.1, 0.15) is 31.7 Å². The zero-order chi connectivity index (χ0) is 17.9. The smallest absolute Gasteiger partial charge is 0.191 e. The fourth-order valence-electron chi connectivity index (χ4n) is 3.01. The van der Waals surface area contributed by atoms with Crippen molar-refractivity contribution in [3.63, 3.8) is 0 Å². The molecule has 1 aromatic rings. The molecule has 1 aliphatic heterocycles. The molecule has 140 valence electrons. The second-order valence-electron chi connectivity index (χ2n) is 6.21. The van der Waals surface area contributed by atoms with Gasteiger partial charge >= 0.3 is 0 Å². The molecule has 0 aromatic heterocycles. The van der Waals surface area contributed by atoms with Crippen LogP contribution in [0.15, 0.2) is 23.2 Å². The number of aliphatic imine (C=N–C) groups is 1. The standard InChI is InChI=1S/C19H32N4O2/c1-4-20-19(21-10-7-13-23-11-5-6-12-23)22-15-16-8-9-17(24-2)18(14-16)25-3/h8-9,14H,4-7,10-13,15H2,1-3H3,(H2,20,21,22). The maximum Gasteiger partial charge on any atom is 0.191 e. The summed E-state index contributed by atoms with van der Waals surface area (Å²) in [6, 6.07) is 5.90. The van der Waals surface area contributed by atoms with Crippen molar-refractivity contribution in [1.82, 2.24) is 15.5 Å². The first-order valence-corrected chi connectivity index (χ1v) is 9.22. The minimum atomic E-state index is 0.599. The topological polar surface area (TPSA) is 58.1 Å². The van der Waals surface area contributed by atoms with Gasteiger partial charge < -0.3 is 25.0 Å². The Morgan fingerprint density at radius 1 is 1.12 bits per heavy atom. The number of ether oxygens (including phenoxy) is 2. The van der Waals surface area contributed by atoms with Crippen LogP contribution in [0.5, 0.6) is 11.5 Å². The minimum Gasteiger partial charge on any atom is -0.493 e. The van der Waals surface area contributed by atoms with Gasteiger partial charge in [-0.25, -0.2) is 4.99 Å². The highest BCUT2D eigenvalue weighted by molar-refractivity contribution is 5.79. The number of guanidine groups is 1. The summed E-state index contributed by atoms with van der Waals surface area (Å²) in [6.45, 7) is 8.15. The molecule has 25 heavy (non-hydrogen) atoms. The molecule has 0 saturated carbocycles. The molecule has 1 saturated heterocycles. The highest BCUT2D eigenvalue weighted by Gasteiger charge is 2.10. The average Bonchev–Trinajstić information content (AvgIpc) is 3.16. The largest absolute Gasteiger partial charge is 0.493 e. The maximum absolute atomic E-state index is 5.35. The predicted octanol–water partition coefficient (Wildman–Crippen LogP) is 2.24. The molecule has 0 bridgehead atoms. The van der Waals surface area contributed by atoms with E-state index in [2.05, 4.69) is 27.4 Å². The summed E-state index contributed by atoms with van der Waals surface area (Å²) in [5.74, 6) is 2.33. The highest BCUT2D eigenvalue weighted by atomic mass is 16.5. The molecule has 1 aromatic carbocycles. The lowest BCUT2D eigenvalue weighted by molar-refractivity contribution is 0.334. The normalized spacial score (nSPS) is 15.2. The molecular weight excluding hydrogens is 316 g/mol. The van der Waals surface area contributed by atoms with Crippen molar-refractivity contribution in [3.05, 3.63) is 23.8 Å². The van der Waals surface area contributed by atoms with E-state index in [-0.39, 0.29) is 0 Å². The molecule has 0 radical (unpaired) electrons. The first-order valence-electron chi connectivity index (χ1n) is 9.22. The van der Waals surface area contributed by atoms with Gasteiger partial charge in [-0.15, -0.1) is 0 Å². The number of likely N-dealkylation sites (tertiary alicyclic amines) is 1. The number of hydrogen-bond donors (Lipinski definition) is 2. The third-order valence-corrected chi connectivity index (χ3v) is 4.35. The van der Waals surface area contributed by atoms with Crippen LogP contribution in [0.4, 0.5) is 0 Å². The molecule has 6 nitrogen and oxygen atoms in total. The van der Waals surface area contributed by atoms with Gasteiger partial charge in [0.15, 0.2) is 17.5 Å². The Bertz CT molecular complexity index is 542. The Balaban J connectivity index is 1.83. The molecule has 0 amide bonds. The summed E-state index contributed by atoms with van der Waals surface area (Å²) in [4.78, 5) is 7.21. The molecule has 6 heteroatoms. The molecule has 0 unspecified atom stereocenters. The van der Waals surface area contributed by atoms with Crippen LogP contribution in [-0.2, 0) is 6.54 Å². The first-order chi connectivity index (χ1) is 12.3. The average molecular weight is 348 g/mol. The monoisotopic (exact) mass is 348 g/mol. The van der Waals surface area contributed by atoms with E-state index in [1.54, 1.807) is 14.2 Å². The quantitative estimate of drug-likeness (QED) is 0.407. The summed E-state index contributed by atoms with van der Waals surface area (Å²) in [5.41, 5.74) is 1.09. The fourth-order valence-corrected chi connectivity index (χ4v) is 3.01. The van der Waals surface area contributed by atoms with Gasteiger partial charge in [0.25, 0.3) is 0 Å². The summed E-state index contributed by atoms with van der Waals surface area (Å²) >= 11 is 0. The SMILES string of the molecule is CCNC(=NCc1ccc(OC)c(OC)c1)NCCCN1CCCC1. The molecule has 2 N–H and O–H groups in total. The number of hydrogen-bond acceptors (Lipinski definition) is 4. The van der Waals surface area contributed by atoms with Crippen LogP contribution in [0.25, 0.3) is 0 Å². The van der Waals surface area contributed by atoms with E-state index in [1.165, 1.54) is 32.5 Å². The number of benzene rings is 1. The molecule has 0 aliphatic carbocycles. The van der Waals surface area contributed by atoms with Crippen LogP contribution < -0.4 is 20.1 Å². The Hall–Kier alpha value is -1.95. The molecular formula is C19H32N4O2. The minimum absolute atomic E-state index is 0.599. The van der Waals surface area contributed by atoms with E-state index < -0.39 is 0 Å². The summed E-state index contributed by atoms with van der Waals surface area (Å²) in [6.07, 6.45) is 3.84. The van der Waals surface area contributed by atoms with Gasteiger partial charge in [-0.1, -0.05) is 6.07 Å². The summed E-state index contributed by atoms with van der Waals surface area (Å²) < 4.78 is 10.6. The van der Waals surface area contributed by atoms with E-state index >= 15 is 0 Å². The van der Waals surface area contributed by atoms with Crippen molar-refractivity contribution >= 4 is 5.96 Å². The number of nitrogens with zero attached hydrogens (tertiary/aromatic N) is 2. The molecule has 1 fully saturated rings. The summed E-state index contributed by atoms with van der Waals surface area (Å²) in [7, 11) is 3.29. The number of nitrogens with one attached hydrogen (secondary N) is 2. The Labute approximate surface area is 151 Å². The van der Waals surface area contributed by atoms with Crippen LogP contribution in [0.3, 0.4) is 0 Å². The Kier molecular flexibility index (Phi) is 8.39. The van der Waals surface area contributed by atoms with Crippen LogP contribution >= 0.6 is 0 Å². The van der Waals surface area contributed by atoms with Crippen molar-refractivity contribution in [2.24, 2.45) is 4.99 Å². The van der Waals surface area contributed by atoms with Gasteiger partial charge in [0.1, 0.15) is 0 Å². The van der Waals surface area contributed by atoms with Crippen molar-refractivity contribution in [1.29, 1.82) is 0 Å². The Morgan fingerprint density at radius 3 is 2.56 bits per heavy atom. The van der Waals surface area contributed by atoms with Crippen molar-refractivity contribution in [3.8, 4) is 11.5 Å². The van der Waals surface area contributed by atoms with Crippen molar-refractivity contribution in [2.75, 3.05) is 46.9 Å². The lowest BCUT2D eigenvalue weighted by Gasteiger charge is -2.16. The van der Waals surface area contributed by atoms with Crippen LogP contribution in [-0.4, -0.2) is 57.8 Å². The number of rotatable bonds is 9. The number of methoxy groups -OCH3 is 2. The second kappa shape index (κ2) is 10.8. The Morgan fingerprint density at radius 2 is 1.88 bits per heavy atom. The second-order valence-corrected chi connectivity index (χ2v) is 6.21. The molecule has 0 spiro atoms. The zero-order valence-corrected chi connectivity index (χ0v) is 15.8. The predicted molar refractivity (Wildman–Crippen MR) is 103 cm³/mol. The summed E-state index contributed by atoms with van der Waals surface area (Å²) in [5, 5.41) is 6.72. The van der Waals surface area contributed by atoms with Gasteiger partial charge in [0, 0.05) is 13.1 Å². The van der Waals surface area contributed by atoms with Gasteiger partial charge in [-0.2, -0.15) is 0 Å². The third-order valence-electron chi connectivity index (χ3n) is 4.35. The molecule has 1 aliphatic rings. The fraction of sp³-hybridized carbons (Fsp3) is 0.632. The van der Waals surface area contributed by atoms with Crippen molar-refractivity contribution < 1.29 is 9.47 Å². The van der Waals surface area contributed by atoms with Gasteiger partial charge in [-0.05, 0) is 63.5 Å². The first kappa shape index (κ1) is 19.4. The van der Waals surface area contributed by atoms with E-state index in [1.807, 2.05) is 18.2 Å². The molecule has 0 atom stereocenters. The highest BCUT2D eigenvalue weighted by Crippen LogP contribution is 2.27. The molecule has 1 heterocycles. The van der Waals surface area contributed by atoms with Crippen LogP contribution in [0, 0.1) is 0 Å². The van der Waals surface area contributed by atoms with E-state index in [0.717, 1.165) is 42.5 Å².